The number of ether oxygens (including phenoxy) is 1. The van der Waals surface area contributed by atoms with E-state index in [0.717, 1.165) is 0 Å². The molecule has 0 aliphatic carbocycles. The zero-order valence-corrected chi connectivity index (χ0v) is 13.4. The molecule has 0 bridgehead atoms. The molecule has 0 rings (SSSR count). The van der Waals surface area contributed by atoms with E-state index >= 15 is 0 Å². The molecule has 1 amide bonds. The van der Waals surface area contributed by atoms with Crippen LogP contribution in [0.15, 0.2) is 0 Å². The summed E-state index contributed by atoms with van der Waals surface area (Å²) in [6.45, 7) is 9.66. The van der Waals surface area contributed by atoms with Crippen LogP contribution in [0.3, 0.4) is 0 Å². The largest absolute Gasteiger partial charge is 0.440 e. The van der Waals surface area contributed by atoms with Crippen LogP contribution < -0.4 is 0 Å². The van der Waals surface area contributed by atoms with Gasteiger partial charge in [0.05, 0.1) is 12.8 Å². The van der Waals surface area contributed by atoms with Crippen LogP contribution in [0.2, 0.25) is 0 Å². The first-order chi connectivity index (χ1) is 8.29. The summed E-state index contributed by atoms with van der Waals surface area (Å²) in [7, 11) is 3.10. The maximum atomic E-state index is 13.4. The van der Waals surface area contributed by atoms with Crippen molar-refractivity contribution in [2.75, 3.05) is 20.8 Å². The van der Waals surface area contributed by atoms with Gasteiger partial charge in [0.25, 0.3) is 0 Å². The Morgan fingerprint density at radius 1 is 1.21 bits per heavy atom. The van der Waals surface area contributed by atoms with E-state index in [1.54, 1.807) is 34.9 Å². The summed E-state index contributed by atoms with van der Waals surface area (Å²) in [4.78, 5) is 13.1. The highest BCUT2D eigenvalue weighted by molar-refractivity contribution is 5.67. The molecule has 2 atom stereocenters. The summed E-state index contributed by atoms with van der Waals surface area (Å²) in [6, 6.07) is 0. The third-order valence-corrected chi connectivity index (χ3v) is 3.68. The van der Waals surface area contributed by atoms with Gasteiger partial charge in [-0.15, -0.1) is 0 Å². The van der Waals surface area contributed by atoms with E-state index in [-0.39, 0.29) is 0 Å². The van der Waals surface area contributed by atoms with Gasteiger partial charge in [-0.2, -0.15) is 0 Å². The summed E-state index contributed by atoms with van der Waals surface area (Å²) in [5.41, 5.74) is -2.85. The number of hydrogen-bond donors (Lipinski definition) is 1. The predicted octanol–water partition coefficient (Wildman–Crippen LogP) is 2.85. The van der Waals surface area contributed by atoms with Gasteiger partial charge in [0.15, 0.2) is 0 Å². The van der Waals surface area contributed by atoms with Crippen LogP contribution in [0.4, 0.5) is 9.18 Å². The van der Waals surface area contributed by atoms with Crippen LogP contribution in [0, 0.1) is 10.8 Å². The Morgan fingerprint density at radius 2 is 1.63 bits per heavy atom. The number of nitrogens with zero attached hydrogens (tertiary/aromatic N) is 1. The number of aliphatic hydroxyl groups excluding tert-OH is 1. The molecule has 0 aromatic heterocycles. The summed E-state index contributed by atoms with van der Waals surface area (Å²) < 4.78 is 18.8. The lowest BCUT2D eigenvalue weighted by Gasteiger charge is -2.49. The summed E-state index contributed by atoms with van der Waals surface area (Å²) in [5.74, 6) is 0. The molecular formula is C14H28FNO3. The van der Waals surface area contributed by atoms with Crippen molar-refractivity contribution in [1.82, 2.24) is 4.90 Å². The molecule has 0 saturated heterocycles. The lowest BCUT2D eigenvalue weighted by Crippen LogP contribution is -2.60. The fourth-order valence-electron chi connectivity index (χ4n) is 1.80. The number of rotatable bonds is 4. The normalized spacial score (nSPS) is 17.6. The second-order valence-electron chi connectivity index (χ2n) is 7.16. The maximum absolute atomic E-state index is 13.4. The second kappa shape index (κ2) is 5.65. The molecule has 0 saturated carbocycles. The fourth-order valence-corrected chi connectivity index (χ4v) is 1.80. The number of aliphatic hydroxyl groups is 1. The third-order valence-electron chi connectivity index (χ3n) is 3.68. The number of alkyl halides is 1. The quantitative estimate of drug-likeness (QED) is 0.859. The van der Waals surface area contributed by atoms with Crippen molar-refractivity contribution in [3.05, 3.63) is 0 Å². The maximum Gasteiger partial charge on any atom is 0.409 e. The molecule has 19 heavy (non-hydrogen) atoms. The number of halogens is 1. The van der Waals surface area contributed by atoms with Crippen LogP contribution in [0.5, 0.6) is 0 Å². The Morgan fingerprint density at radius 3 is 1.89 bits per heavy atom. The van der Waals surface area contributed by atoms with E-state index < -0.39 is 35.3 Å². The monoisotopic (exact) mass is 277 g/mol. The van der Waals surface area contributed by atoms with E-state index in [1.807, 2.05) is 20.8 Å². The van der Waals surface area contributed by atoms with Crippen LogP contribution in [-0.4, -0.2) is 48.6 Å². The van der Waals surface area contributed by atoms with E-state index in [2.05, 4.69) is 0 Å². The molecule has 0 aromatic carbocycles. The number of hydrogen-bond acceptors (Lipinski definition) is 3. The molecule has 0 aromatic rings. The summed E-state index contributed by atoms with van der Waals surface area (Å²) >= 11 is 0. The molecular weight excluding hydrogens is 249 g/mol. The van der Waals surface area contributed by atoms with Gasteiger partial charge in [-0.3, -0.25) is 4.39 Å². The number of amides is 1. The van der Waals surface area contributed by atoms with Crippen molar-refractivity contribution in [2.24, 2.45) is 10.8 Å². The molecule has 0 fully saturated rings. The van der Waals surface area contributed by atoms with Gasteiger partial charge in [-0.1, -0.05) is 34.6 Å². The highest BCUT2D eigenvalue weighted by Crippen LogP contribution is 2.43. The first-order valence-electron chi connectivity index (χ1n) is 6.44. The average molecular weight is 277 g/mol. The molecule has 1 N–H and O–H groups in total. The van der Waals surface area contributed by atoms with E-state index in [9.17, 15) is 14.3 Å². The molecule has 4 nitrogen and oxygen atoms in total. The van der Waals surface area contributed by atoms with Crippen molar-refractivity contribution >= 4 is 6.09 Å². The van der Waals surface area contributed by atoms with Crippen LogP contribution in [0.1, 0.15) is 41.5 Å². The highest BCUT2D eigenvalue weighted by atomic mass is 19.1. The van der Waals surface area contributed by atoms with Gasteiger partial charge < -0.3 is 14.7 Å². The Labute approximate surface area is 115 Å². The lowest BCUT2D eigenvalue weighted by molar-refractivity contribution is -0.177. The van der Waals surface area contributed by atoms with E-state index in [1.165, 1.54) is 4.90 Å². The van der Waals surface area contributed by atoms with E-state index in [4.69, 9.17) is 4.74 Å². The van der Waals surface area contributed by atoms with Crippen LogP contribution in [-0.2, 0) is 4.74 Å². The smallest absolute Gasteiger partial charge is 0.409 e. The molecule has 0 aliphatic heterocycles. The predicted molar refractivity (Wildman–Crippen MR) is 73.8 cm³/mol. The first kappa shape index (κ1) is 18.2. The molecule has 2 unspecified atom stereocenters. The Kier molecular flexibility index (Phi) is 5.40. The standard InChI is InChI=1S/C14H28FNO3/c1-12(2,3)10(17)14(6,13(4,5)9-15)19-11(18)16(7)8/h10,17H,9H2,1-8H3. The second-order valence-corrected chi connectivity index (χ2v) is 7.16. The molecule has 5 heteroatoms. The average Bonchev–Trinajstić information content (AvgIpc) is 2.25. The molecule has 0 aliphatic rings. The molecule has 0 radical (unpaired) electrons. The van der Waals surface area contributed by atoms with Gasteiger partial charge in [0.1, 0.15) is 5.60 Å². The third kappa shape index (κ3) is 3.81. The van der Waals surface area contributed by atoms with Gasteiger partial charge in [-0.25, -0.2) is 4.79 Å². The van der Waals surface area contributed by atoms with E-state index in [0.29, 0.717) is 0 Å². The van der Waals surface area contributed by atoms with Crippen molar-refractivity contribution in [2.45, 2.75) is 53.2 Å². The summed E-state index contributed by atoms with van der Waals surface area (Å²) in [5, 5.41) is 10.5. The zero-order valence-electron chi connectivity index (χ0n) is 13.4. The molecule has 114 valence electrons. The minimum absolute atomic E-state index is 0.534. The van der Waals surface area contributed by atoms with Gasteiger partial charge >= 0.3 is 6.09 Å². The van der Waals surface area contributed by atoms with Crippen molar-refractivity contribution < 1.29 is 19.0 Å². The molecule has 0 spiro atoms. The van der Waals surface area contributed by atoms with Gasteiger partial charge in [0.2, 0.25) is 0 Å². The number of carbonyl (C=O) groups is 1. The number of carbonyl (C=O) groups excluding carboxylic acids is 1. The minimum atomic E-state index is -1.32. The Hall–Kier alpha value is -0.840. The lowest BCUT2D eigenvalue weighted by atomic mass is 9.66. The van der Waals surface area contributed by atoms with Crippen molar-refractivity contribution in [3.63, 3.8) is 0 Å². The first-order valence-corrected chi connectivity index (χ1v) is 6.44. The Bertz CT molecular complexity index is 323. The summed E-state index contributed by atoms with van der Waals surface area (Å²) in [6.07, 6.45) is -1.58. The van der Waals surface area contributed by atoms with Crippen LogP contribution in [0.25, 0.3) is 0 Å². The fraction of sp³-hybridized carbons (Fsp3) is 0.929. The highest BCUT2D eigenvalue weighted by Gasteiger charge is 2.54. The topological polar surface area (TPSA) is 49.8 Å². The minimum Gasteiger partial charge on any atom is -0.440 e. The Balaban J connectivity index is 5.56. The van der Waals surface area contributed by atoms with Crippen molar-refractivity contribution in [3.8, 4) is 0 Å². The van der Waals surface area contributed by atoms with Crippen LogP contribution >= 0.6 is 0 Å². The van der Waals surface area contributed by atoms with Gasteiger partial charge in [0, 0.05) is 19.5 Å². The van der Waals surface area contributed by atoms with Crippen molar-refractivity contribution in [1.29, 1.82) is 0 Å². The zero-order chi connectivity index (χ0) is 15.6. The molecule has 0 heterocycles. The SMILES string of the molecule is CN(C)C(=O)OC(C)(C(O)C(C)(C)C)C(C)(C)CF. The van der Waals surface area contributed by atoms with Gasteiger partial charge in [-0.05, 0) is 12.3 Å².